The molecule has 1 rings (SSSR count). The van der Waals surface area contributed by atoms with Gasteiger partial charge < -0.3 is 4.90 Å². The lowest BCUT2D eigenvalue weighted by Crippen LogP contribution is -2.42. The summed E-state index contributed by atoms with van der Waals surface area (Å²) in [6.07, 6.45) is -3.45. The molecule has 0 amide bonds. The minimum absolute atomic E-state index is 0.0261. The van der Waals surface area contributed by atoms with E-state index in [0.29, 0.717) is 11.3 Å². The van der Waals surface area contributed by atoms with Gasteiger partial charge in [0.2, 0.25) is 10.1 Å². The molecule has 0 saturated carbocycles. The van der Waals surface area contributed by atoms with Gasteiger partial charge in [0.05, 0.1) is 4.75 Å². The van der Waals surface area contributed by atoms with Crippen LogP contribution in [0, 0.1) is 0 Å². The van der Waals surface area contributed by atoms with Gasteiger partial charge in [0.1, 0.15) is 0 Å². The maximum absolute atomic E-state index is 12.4. The van der Waals surface area contributed by atoms with E-state index in [9.17, 15) is 21.6 Å². The number of hydrogen-bond donors (Lipinski definition) is 0. The Kier molecular flexibility index (Phi) is 4.16. The molecule has 1 heterocycles. The molecule has 10 heteroatoms. The molecule has 0 N–H and O–H groups in total. The normalized spacial score (nSPS) is 13.6. The average Bonchev–Trinajstić information content (AvgIpc) is 2.62. The summed E-state index contributed by atoms with van der Waals surface area (Å²) in [5.74, 6) is 0. The maximum atomic E-state index is 12.4. The first-order valence-electron chi connectivity index (χ1n) is 5.16. The van der Waals surface area contributed by atoms with E-state index in [1.807, 2.05) is 0 Å². The first-order valence-corrected chi connectivity index (χ1v) is 7.87. The molecule has 0 aromatic carbocycles. The second-order valence-corrected chi connectivity index (χ2v) is 8.38. The van der Waals surface area contributed by atoms with E-state index in [0.717, 1.165) is 6.26 Å². The number of aromatic nitrogens is 2. The van der Waals surface area contributed by atoms with Gasteiger partial charge in [0, 0.05) is 19.8 Å². The van der Waals surface area contributed by atoms with Crippen molar-refractivity contribution in [2.75, 3.05) is 24.7 Å². The molecule has 0 fully saturated rings. The second kappa shape index (κ2) is 4.89. The van der Waals surface area contributed by atoms with Crippen LogP contribution in [0.4, 0.5) is 18.3 Å². The van der Waals surface area contributed by atoms with Gasteiger partial charge in [-0.15, -0.1) is 10.2 Å². The van der Waals surface area contributed by atoms with Crippen LogP contribution in [0.2, 0.25) is 0 Å². The zero-order valence-corrected chi connectivity index (χ0v) is 12.4. The summed E-state index contributed by atoms with van der Waals surface area (Å²) in [4.78, 5) is 1.36. The molecule has 110 valence electrons. The number of rotatable bonds is 4. The number of alkyl halides is 3. The van der Waals surface area contributed by atoms with Gasteiger partial charge in [-0.25, -0.2) is 8.42 Å². The topological polar surface area (TPSA) is 63.2 Å². The first kappa shape index (κ1) is 16.2. The summed E-state index contributed by atoms with van der Waals surface area (Å²) in [6.45, 7) is 3.04. The minimum Gasteiger partial charge on any atom is -0.348 e. The highest BCUT2D eigenvalue weighted by atomic mass is 32.2. The smallest absolute Gasteiger partial charge is 0.348 e. The predicted molar refractivity (Wildman–Crippen MR) is 67.1 cm³/mol. The maximum Gasteiger partial charge on any atom is 0.445 e. The third-order valence-electron chi connectivity index (χ3n) is 2.61. The molecule has 0 radical (unpaired) electrons. The van der Waals surface area contributed by atoms with Crippen molar-refractivity contribution in [3.05, 3.63) is 5.01 Å². The minimum atomic E-state index is -4.54. The zero-order chi connectivity index (χ0) is 15.1. The largest absolute Gasteiger partial charge is 0.445 e. The van der Waals surface area contributed by atoms with E-state index in [2.05, 4.69) is 10.2 Å². The Hall–Kier alpha value is -0.900. The number of hydrogen-bond acceptors (Lipinski definition) is 6. The molecule has 1 aromatic rings. The zero-order valence-electron chi connectivity index (χ0n) is 10.8. The van der Waals surface area contributed by atoms with E-state index < -0.39 is 25.8 Å². The Bertz CT molecular complexity index is 551. The summed E-state index contributed by atoms with van der Waals surface area (Å²) in [5, 5.41) is 5.46. The number of halogens is 3. The van der Waals surface area contributed by atoms with Crippen LogP contribution >= 0.6 is 11.3 Å². The van der Waals surface area contributed by atoms with E-state index in [4.69, 9.17) is 0 Å². The molecule has 1 aromatic heterocycles. The van der Waals surface area contributed by atoms with Crippen molar-refractivity contribution in [2.45, 2.75) is 24.8 Å². The Morgan fingerprint density at radius 1 is 1.26 bits per heavy atom. The molecule has 0 aliphatic heterocycles. The van der Waals surface area contributed by atoms with Gasteiger partial charge in [0.15, 0.2) is 9.84 Å². The van der Waals surface area contributed by atoms with Crippen molar-refractivity contribution in [2.24, 2.45) is 0 Å². The Labute approximate surface area is 113 Å². The standard InChI is InChI=1S/C9H14F3N3O2S2/c1-8(2,19(4,16)17)5-15(3)7-14-13-6(18-7)9(10,11)12/h5H2,1-4H3. The molecule has 0 unspecified atom stereocenters. The second-order valence-electron chi connectivity index (χ2n) is 4.78. The van der Waals surface area contributed by atoms with Crippen LogP contribution in [0.5, 0.6) is 0 Å². The number of sulfone groups is 1. The summed E-state index contributed by atoms with van der Waals surface area (Å²) < 4.78 is 59.2. The van der Waals surface area contributed by atoms with Crippen LogP contribution in [-0.4, -0.2) is 43.2 Å². The summed E-state index contributed by atoms with van der Waals surface area (Å²) in [6, 6.07) is 0. The molecule has 0 aliphatic carbocycles. The van der Waals surface area contributed by atoms with Gasteiger partial charge in [-0.1, -0.05) is 11.3 Å². The van der Waals surface area contributed by atoms with Crippen LogP contribution in [0.25, 0.3) is 0 Å². The highest BCUT2D eigenvalue weighted by Crippen LogP contribution is 2.34. The molecule has 5 nitrogen and oxygen atoms in total. The summed E-state index contributed by atoms with van der Waals surface area (Å²) in [5.41, 5.74) is 0. The molecule has 0 bridgehead atoms. The molecular formula is C9H14F3N3O2S2. The van der Waals surface area contributed by atoms with Crippen LogP contribution in [0.3, 0.4) is 0 Å². The monoisotopic (exact) mass is 317 g/mol. The predicted octanol–water partition coefficient (Wildman–Crippen LogP) is 1.82. The van der Waals surface area contributed by atoms with Crippen molar-refractivity contribution in [1.29, 1.82) is 0 Å². The van der Waals surface area contributed by atoms with Crippen LogP contribution < -0.4 is 4.90 Å². The highest BCUT2D eigenvalue weighted by Gasteiger charge is 2.37. The van der Waals surface area contributed by atoms with Gasteiger partial charge >= 0.3 is 6.18 Å². The quantitative estimate of drug-likeness (QED) is 0.847. The first-order chi connectivity index (χ1) is 8.34. The molecular weight excluding hydrogens is 303 g/mol. The van der Waals surface area contributed by atoms with Crippen molar-refractivity contribution < 1.29 is 21.6 Å². The van der Waals surface area contributed by atoms with Crippen LogP contribution in [0.1, 0.15) is 18.9 Å². The fraction of sp³-hybridized carbons (Fsp3) is 0.778. The van der Waals surface area contributed by atoms with Gasteiger partial charge in [-0.05, 0) is 13.8 Å². The van der Waals surface area contributed by atoms with Crippen LogP contribution in [-0.2, 0) is 16.0 Å². The van der Waals surface area contributed by atoms with E-state index in [1.54, 1.807) is 0 Å². The summed E-state index contributed by atoms with van der Waals surface area (Å²) in [7, 11) is -1.85. The summed E-state index contributed by atoms with van der Waals surface area (Å²) >= 11 is 0.383. The molecule has 0 spiro atoms. The highest BCUT2D eigenvalue weighted by molar-refractivity contribution is 7.92. The molecule has 0 aliphatic rings. The molecule has 0 atom stereocenters. The lowest BCUT2D eigenvalue weighted by atomic mass is 10.2. The van der Waals surface area contributed by atoms with Gasteiger partial charge in [-0.2, -0.15) is 13.2 Å². The van der Waals surface area contributed by atoms with Crippen molar-refractivity contribution >= 4 is 26.3 Å². The molecule has 0 saturated heterocycles. The van der Waals surface area contributed by atoms with Gasteiger partial charge in [-0.3, -0.25) is 0 Å². The third-order valence-corrected chi connectivity index (χ3v) is 5.82. The third kappa shape index (κ3) is 3.78. The van der Waals surface area contributed by atoms with Crippen molar-refractivity contribution in [3.63, 3.8) is 0 Å². The Morgan fingerprint density at radius 3 is 2.16 bits per heavy atom. The van der Waals surface area contributed by atoms with Crippen molar-refractivity contribution in [3.8, 4) is 0 Å². The van der Waals surface area contributed by atoms with Gasteiger partial charge in [0.25, 0.3) is 0 Å². The van der Waals surface area contributed by atoms with E-state index in [1.165, 1.54) is 25.8 Å². The SMILES string of the molecule is CN(CC(C)(C)S(C)(=O)=O)c1nnc(C(F)(F)F)s1. The van der Waals surface area contributed by atoms with Crippen molar-refractivity contribution in [1.82, 2.24) is 10.2 Å². The fourth-order valence-electron chi connectivity index (χ4n) is 1.24. The lowest BCUT2D eigenvalue weighted by molar-refractivity contribution is -0.138. The average molecular weight is 317 g/mol. The Balaban J connectivity index is 2.91. The number of nitrogens with zero attached hydrogens (tertiary/aromatic N) is 3. The molecule has 19 heavy (non-hydrogen) atoms. The lowest BCUT2D eigenvalue weighted by Gasteiger charge is -2.28. The van der Waals surface area contributed by atoms with Crippen LogP contribution in [0.15, 0.2) is 0 Å². The Morgan fingerprint density at radius 2 is 1.79 bits per heavy atom. The van der Waals surface area contributed by atoms with E-state index >= 15 is 0 Å². The number of anilines is 1. The fourth-order valence-corrected chi connectivity index (χ4v) is 2.34. The van der Waals surface area contributed by atoms with E-state index in [-0.39, 0.29) is 11.7 Å².